The van der Waals surface area contributed by atoms with Crippen molar-refractivity contribution in [2.45, 2.75) is 11.8 Å². The topological polar surface area (TPSA) is 70.2 Å². The van der Waals surface area contributed by atoms with Gasteiger partial charge in [0.1, 0.15) is 0 Å². The molecule has 0 spiro atoms. The molecule has 37 heavy (non-hydrogen) atoms. The molecule has 0 saturated heterocycles. The van der Waals surface area contributed by atoms with Crippen molar-refractivity contribution in [2.75, 3.05) is 4.31 Å². The van der Waals surface area contributed by atoms with Gasteiger partial charge in [0.05, 0.1) is 16.3 Å². The maximum atomic E-state index is 14.1. The Morgan fingerprint density at radius 2 is 1.32 bits per heavy atom. The lowest BCUT2D eigenvalue weighted by atomic mass is 10.1. The van der Waals surface area contributed by atoms with E-state index in [0.29, 0.717) is 11.4 Å². The molecule has 0 saturated carbocycles. The van der Waals surface area contributed by atoms with Crippen molar-refractivity contribution in [1.82, 2.24) is 4.98 Å². The number of hydrogen-bond acceptors (Lipinski definition) is 3. The number of H-pyrrole nitrogens is 1. The fraction of sp³-hybridized carbons (Fsp3) is 0.0333. The highest BCUT2D eigenvalue weighted by atomic mass is 79.9. The van der Waals surface area contributed by atoms with Crippen LogP contribution in [0.3, 0.4) is 0 Å². The lowest BCUT2D eigenvalue weighted by Gasteiger charge is -2.23. The molecule has 184 valence electrons. The maximum Gasteiger partial charge on any atom is 0.272 e. The summed E-state index contributed by atoms with van der Waals surface area (Å²) in [6.07, 6.45) is 0. The van der Waals surface area contributed by atoms with E-state index in [-0.39, 0.29) is 16.1 Å². The Labute approximate surface area is 224 Å². The van der Waals surface area contributed by atoms with Crippen molar-refractivity contribution in [3.05, 3.63) is 131 Å². The van der Waals surface area contributed by atoms with Crippen molar-refractivity contribution in [1.29, 1.82) is 0 Å². The SMILES string of the molecule is Cc1ccc(S(=O)(=O)N(C(=O)c2ccc(Br)cc2)c2cc(-c3ccccc3)[nH]c2-c2ccccc2)cc1. The number of amides is 1. The molecule has 0 radical (unpaired) electrons. The second-order valence-electron chi connectivity index (χ2n) is 8.57. The van der Waals surface area contributed by atoms with Gasteiger partial charge >= 0.3 is 0 Å². The number of sulfonamides is 1. The van der Waals surface area contributed by atoms with Gasteiger partial charge in [-0.05, 0) is 55.0 Å². The molecule has 0 unspecified atom stereocenters. The van der Waals surface area contributed by atoms with Gasteiger partial charge < -0.3 is 4.98 Å². The molecule has 1 amide bonds. The molecule has 7 heteroatoms. The van der Waals surface area contributed by atoms with E-state index in [9.17, 15) is 13.2 Å². The number of hydrogen-bond donors (Lipinski definition) is 1. The number of anilines is 1. The Balaban J connectivity index is 1.77. The summed E-state index contributed by atoms with van der Waals surface area (Å²) in [4.78, 5) is 17.4. The Morgan fingerprint density at radius 3 is 1.92 bits per heavy atom. The van der Waals surface area contributed by atoms with Gasteiger partial charge in [0.25, 0.3) is 15.9 Å². The van der Waals surface area contributed by atoms with Crippen molar-refractivity contribution in [3.63, 3.8) is 0 Å². The van der Waals surface area contributed by atoms with Gasteiger partial charge in [0.15, 0.2) is 0 Å². The molecule has 0 aliphatic heterocycles. The van der Waals surface area contributed by atoms with Crippen molar-refractivity contribution >= 4 is 37.5 Å². The van der Waals surface area contributed by atoms with E-state index in [1.54, 1.807) is 42.5 Å². The van der Waals surface area contributed by atoms with Crippen LogP contribution < -0.4 is 4.31 Å². The zero-order chi connectivity index (χ0) is 26.0. The number of nitrogens with zero attached hydrogens (tertiary/aromatic N) is 1. The molecule has 1 N–H and O–H groups in total. The van der Waals surface area contributed by atoms with Crippen molar-refractivity contribution < 1.29 is 13.2 Å². The number of carbonyl (C=O) groups is 1. The summed E-state index contributed by atoms with van der Waals surface area (Å²) in [5, 5.41) is 0. The second-order valence-corrected chi connectivity index (χ2v) is 11.3. The molecule has 1 heterocycles. The molecule has 5 rings (SSSR count). The molecule has 1 aromatic heterocycles. The molecule has 0 aliphatic rings. The normalized spacial score (nSPS) is 11.3. The number of aromatic amines is 1. The molecule has 4 aromatic carbocycles. The van der Waals surface area contributed by atoms with E-state index < -0.39 is 15.9 Å². The minimum Gasteiger partial charge on any atom is -0.353 e. The van der Waals surface area contributed by atoms with Crippen LogP contribution in [0.25, 0.3) is 22.5 Å². The van der Waals surface area contributed by atoms with Crippen molar-refractivity contribution in [3.8, 4) is 22.5 Å². The first-order valence-corrected chi connectivity index (χ1v) is 13.8. The summed E-state index contributed by atoms with van der Waals surface area (Å²) >= 11 is 3.38. The van der Waals surface area contributed by atoms with Gasteiger partial charge in [0, 0.05) is 21.3 Å². The fourth-order valence-corrected chi connectivity index (χ4v) is 5.76. The van der Waals surface area contributed by atoms with Crippen LogP contribution >= 0.6 is 15.9 Å². The summed E-state index contributed by atoms with van der Waals surface area (Å²) < 4.78 is 30.0. The summed E-state index contributed by atoms with van der Waals surface area (Å²) in [7, 11) is -4.28. The van der Waals surface area contributed by atoms with Gasteiger partial charge in [-0.1, -0.05) is 94.3 Å². The highest BCUT2D eigenvalue weighted by Gasteiger charge is 2.35. The maximum absolute atomic E-state index is 14.1. The van der Waals surface area contributed by atoms with Gasteiger partial charge in [-0.2, -0.15) is 4.31 Å². The third-order valence-corrected chi connectivity index (χ3v) is 8.24. The Bertz CT molecular complexity index is 1650. The monoisotopic (exact) mass is 570 g/mol. The number of rotatable bonds is 6. The summed E-state index contributed by atoms with van der Waals surface area (Å²) in [6.45, 7) is 1.88. The first-order valence-electron chi connectivity index (χ1n) is 11.6. The fourth-order valence-electron chi connectivity index (χ4n) is 4.08. The van der Waals surface area contributed by atoms with Crippen LogP contribution in [-0.4, -0.2) is 19.3 Å². The van der Waals surface area contributed by atoms with Crippen LogP contribution in [0.4, 0.5) is 5.69 Å². The lowest BCUT2D eigenvalue weighted by molar-refractivity contribution is 0.101. The summed E-state index contributed by atoms with van der Waals surface area (Å²) in [5.41, 5.74) is 4.27. The minimum absolute atomic E-state index is 0.0324. The van der Waals surface area contributed by atoms with E-state index >= 15 is 0 Å². The summed E-state index contributed by atoms with van der Waals surface area (Å²) in [6, 6.07) is 33.9. The zero-order valence-electron chi connectivity index (χ0n) is 19.9. The van der Waals surface area contributed by atoms with E-state index in [1.165, 1.54) is 12.1 Å². The molecule has 0 bridgehead atoms. The first kappa shape index (κ1) is 24.7. The predicted octanol–water partition coefficient (Wildman–Crippen LogP) is 7.46. The Kier molecular flexibility index (Phi) is 6.82. The molecule has 0 aliphatic carbocycles. The number of carbonyl (C=O) groups excluding carboxylic acids is 1. The third kappa shape index (κ3) is 5.01. The Morgan fingerprint density at radius 1 is 0.757 bits per heavy atom. The predicted molar refractivity (Wildman–Crippen MR) is 151 cm³/mol. The van der Waals surface area contributed by atoms with E-state index in [2.05, 4.69) is 20.9 Å². The zero-order valence-corrected chi connectivity index (χ0v) is 22.3. The smallest absolute Gasteiger partial charge is 0.272 e. The molecular weight excluding hydrogens is 548 g/mol. The van der Waals surface area contributed by atoms with Crippen LogP contribution in [0.2, 0.25) is 0 Å². The van der Waals surface area contributed by atoms with E-state index in [4.69, 9.17) is 0 Å². The van der Waals surface area contributed by atoms with E-state index in [1.807, 2.05) is 67.6 Å². The average molecular weight is 571 g/mol. The standard InChI is InChI=1S/C30H23BrN2O3S/c1-21-12-18-26(19-13-21)37(35,36)33(30(34)24-14-16-25(31)17-15-24)28-20-27(22-8-4-2-5-9-22)32-29(28)23-10-6-3-7-11-23/h2-20,32H,1H3. The lowest BCUT2D eigenvalue weighted by Crippen LogP contribution is -2.37. The molecule has 0 atom stereocenters. The van der Waals surface area contributed by atoms with Crippen LogP contribution in [0.1, 0.15) is 15.9 Å². The highest BCUT2D eigenvalue weighted by Crippen LogP contribution is 2.38. The molecule has 5 nitrogen and oxygen atoms in total. The number of nitrogens with one attached hydrogen (secondary N) is 1. The van der Waals surface area contributed by atoms with Crippen LogP contribution in [0.15, 0.2) is 125 Å². The molecule has 0 fully saturated rings. The van der Waals surface area contributed by atoms with Crippen LogP contribution in [-0.2, 0) is 10.0 Å². The quantitative estimate of drug-likeness (QED) is 0.230. The van der Waals surface area contributed by atoms with Gasteiger partial charge in [0.2, 0.25) is 0 Å². The number of aryl methyl sites for hydroxylation is 1. The molecule has 5 aromatic rings. The number of aromatic nitrogens is 1. The van der Waals surface area contributed by atoms with Gasteiger partial charge in [-0.15, -0.1) is 0 Å². The van der Waals surface area contributed by atoms with Crippen LogP contribution in [0.5, 0.6) is 0 Å². The highest BCUT2D eigenvalue weighted by molar-refractivity contribution is 9.10. The third-order valence-electron chi connectivity index (χ3n) is 6.00. The van der Waals surface area contributed by atoms with E-state index in [0.717, 1.165) is 25.5 Å². The van der Waals surface area contributed by atoms with Gasteiger partial charge in [-0.25, -0.2) is 8.42 Å². The largest absolute Gasteiger partial charge is 0.353 e. The summed E-state index contributed by atoms with van der Waals surface area (Å²) in [5.74, 6) is -0.649. The Hall–Kier alpha value is -3.94. The minimum atomic E-state index is -4.28. The van der Waals surface area contributed by atoms with Crippen LogP contribution in [0, 0.1) is 6.92 Å². The van der Waals surface area contributed by atoms with Gasteiger partial charge in [-0.3, -0.25) is 4.79 Å². The molecular formula is C30H23BrN2O3S. The van der Waals surface area contributed by atoms with Crippen molar-refractivity contribution in [2.24, 2.45) is 0 Å². The first-order chi connectivity index (χ1) is 17.8. The number of halogens is 1. The second kappa shape index (κ2) is 10.2. The number of benzene rings is 4. The average Bonchev–Trinajstić information content (AvgIpc) is 3.35.